The summed E-state index contributed by atoms with van der Waals surface area (Å²) in [7, 11) is 0. The van der Waals surface area contributed by atoms with Crippen LogP contribution in [-0.2, 0) is 0 Å². The molecule has 0 bridgehead atoms. The Morgan fingerprint density at radius 2 is 1.89 bits per heavy atom. The summed E-state index contributed by atoms with van der Waals surface area (Å²) in [5, 5.41) is 2.54. The minimum Gasteiger partial charge on any atom is -0.321 e. The van der Waals surface area contributed by atoms with Crippen LogP contribution in [0.25, 0.3) is 22.7 Å². The molecule has 0 unspecified atom stereocenters. The van der Waals surface area contributed by atoms with E-state index in [4.69, 9.17) is 6.42 Å². The summed E-state index contributed by atoms with van der Waals surface area (Å²) in [6, 6.07) is 7.87. The van der Waals surface area contributed by atoms with E-state index in [0.29, 0.717) is 11.3 Å². The molecular weight excluding hydrogens is 244 g/mol. The van der Waals surface area contributed by atoms with Crippen molar-refractivity contribution in [1.29, 1.82) is 0 Å². The number of imidazole rings is 1. The number of terminal acetylenes is 1. The molecule has 0 aliphatic carbocycles. The Kier molecular flexibility index (Phi) is 2.71. The van der Waals surface area contributed by atoms with Gasteiger partial charge in [-0.2, -0.15) is 0 Å². The number of rotatable bonds is 2. The Labute approximate surface area is 108 Å². The van der Waals surface area contributed by atoms with E-state index in [2.05, 4.69) is 25.2 Å². The minimum atomic E-state index is 0.620. The molecule has 0 saturated heterocycles. The van der Waals surface area contributed by atoms with E-state index < -0.39 is 0 Å². The highest BCUT2D eigenvalue weighted by atomic mass is 32.2. The van der Waals surface area contributed by atoms with Crippen LogP contribution in [0.2, 0.25) is 0 Å². The Bertz CT molecular complexity index is 692. The van der Waals surface area contributed by atoms with Crippen molar-refractivity contribution in [3.63, 3.8) is 0 Å². The normalized spacial score (nSPS) is 10.4. The van der Waals surface area contributed by atoms with Crippen LogP contribution >= 0.6 is 11.8 Å². The zero-order valence-electron chi connectivity index (χ0n) is 9.29. The number of aromatic nitrogens is 4. The van der Waals surface area contributed by atoms with Crippen molar-refractivity contribution in [1.82, 2.24) is 19.9 Å². The van der Waals surface area contributed by atoms with E-state index >= 15 is 0 Å². The summed E-state index contributed by atoms with van der Waals surface area (Å²) in [5.41, 5.74) is 2.29. The summed E-state index contributed by atoms with van der Waals surface area (Å²) in [5.74, 6) is 0.758. The van der Waals surface area contributed by atoms with Crippen LogP contribution in [-0.4, -0.2) is 19.9 Å². The molecule has 5 heteroatoms. The first-order valence-electron chi connectivity index (χ1n) is 5.26. The molecule has 2 heterocycles. The highest BCUT2D eigenvalue weighted by Gasteiger charge is 2.06. The molecule has 0 aliphatic rings. The lowest BCUT2D eigenvalue weighted by Crippen LogP contribution is -1.80. The molecule has 2 aromatic heterocycles. The maximum absolute atomic E-state index is 5.24. The molecule has 0 radical (unpaired) electrons. The van der Waals surface area contributed by atoms with Crippen molar-refractivity contribution in [2.45, 2.75) is 4.90 Å². The largest absolute Gasteiger partial charge is 0.321 e. The Balaban J connectivity index is 2.01. The third-order valence-electron chi connectivity index (χ3n) is 2.44. The van der Waals surface area contributed by atoms with Gasteiger partial charge in [-0.05, 0) is 29.1 Å². The lowest BCUT2D eigenvalue weighted by atomic mass is 10.2. The molecule has 3 aromatic rings. The van der Waals surface area contributed by atoms with Crippen LogP contribution in [0.4, 0.5) is 0 Å². The van der Waals surface area contributed by atoms with Crippen molar-refractivity contribution in [2.24, 2.45) is 0 Å². The van der Waals surface area contributed by atoms with Crippen molar-refractivity contribution >= 4 is 23.1 Å². The summed E-state index contributed by atoms with van der Waals surface area (Å²) >= 11 is 1.36. The molecule has 0 aliphatic heterocycles. The molecule has 0 spiro atoms. The third kappa shape index (κ3) is 1.94. The van der Waals surface area contributed by atoms with Crippen LogP contribution in [0.5, 0.6) is 0 Å². The second-order valence-corrected chi connectivity index (χ2v) is 4.47. The third-order valence-corrected chi connectivity index (χ3v) is 3.06. The van der Waals surface area contributed by atoms with Crippen molar-refractivity contribution in [2.75, 3.05) is 0 Å². The lowest BCUT2D eigenvalue weighted by Gasteiger charge is -1.97. The average molecular weight is 252 g/mol. The molecule has 86 valence electrons. The minimum absolute atomic E-state index is 0.620. The fourth-order valence-corrected chi connectivity index (χ4v) is 2.04. The molecule has 0 saturated carbocycles. The molecule has 1 aromatic carbocycles. The predicted octanol–water partition coefficient (Wildman–Crippen LogP) is 2.70. The van der Waals surface area contributed by atoms with Gasteiger partial charge in [-0.25, -0.2) is 15.0 Å². The van der Waals surface area contributed by atoms with E-state index in [1.165, 1.54) is 11.8 Å². The van der Waals surface area contributed by atoms with Gasteiger partial charge in [0.25, 0.3) is 0 Å². The molecule has 0 fully saturated rings. The van der Waals surface area contributed by atoms with Gasteiger partial charge in [0.2, 0.25) is 0 Å². The number of aromatic amines is 1. The van der Waals surface area contributed by atoms with Gasteiger partial charge in [-0.1, -0.05) is 12.1 Å². The fourth-order valence-electron chi connectivity index (χ4n) is 1.63. The first kappa shape index (κ1) is 10.8. The second kappa shape index (κ2) is 4.51. The molecule has 1 N–H and O–H groups in total. The Hall–Kier alpha value is -2.32. The quantitative estimate of drug-likeness (QED) is 0.563. The monoisotopic (exact) mass is 252 g/mol. The SMILES string of the molecule is C#CSc1ccc(-c2nc3nccnc3[nH]2)cc1. The number of nitrogens with one attached hydrogen (secondary N) is 1. The molecule has 0 atom stereocenters. The van der Waals surface area contributed by atoms with Gasteiger partial charge in [0, 0.05) is 22.9 Å². The zero-order chi connectivity index (χ0) is 12.4. The standard InChI is InChI=1S/C13H8N4S/c1-2-18-10-5-3-9(4-6-10)11-16-12-13(17-11)15-8-7-14-12/h1,3-8H,(H,14,15,16,17). The number of H-pyrrole nitrogens is 1. The molecule has 3 rings (SSSR count). The van der Waals surface area contributed by atoms with Gasteiger partial charge >= 0.3 is 0 Å². The van der Waals surface area contributed by atoms with Crippen LogP contribution < -0.4 is 0 Å². The highest BCUT2D eigenvalue weighted by molar-refractivity contribution is 8.03. The van der Waals surface area contributed by atoms with E-state index in [9.17, 15) is 0 Å². The van der Waals surface area contributed by atoms with Crippen molar-refractivity contribution in [3.05, 3.63) is 36.7 Å². The Morgan fingerprint density at radius 3 is 2.61 bits per heavy atom. The van der Waals surface area contributed by atoms with Crippen LogP contribution in [0.3, 0.4) is 0 Å². The molecule has 18 heavy (non-hydrogen) atoms. The van der Waals surface area contributed by atoms with Crippen LogP contribution in [0, 0.1) is 11.7 Å². The molecular formula is C13H8N4S. The van der Waals surface area contributed by atoms with Gasteiger partial charge in [-0.15, -0.1) is 6.42 Å². The summed E-state index contributed by atoms with van der Waals surface area (Å²) in [4.78, 5) is 16.9. The smallest absolute Gasteiger partial charge is 0.197 e. The van der Waals surface area contributed by atoms with Gasteiger partial charge < -0.3 is 4.98 Å². The molecule has 0 amide bonds. The summed E-state index contributed by atoms with van der Waals surface area (Å²) < 4.78 is 0. The summed E-state index contributed by atoms with van der Waals surface area (Å²) in [6.07, 6.45) is 8.50. The number of hydrogen-bond donors (Lipinski definition) is 1. The van der Waals surface area contributed by atoms with Crippen LogP contribution in [0.1, 0.15) is 0 Å². The van der Waals surface area contributed by atoms with Gasteiger partial charge in [0.15, 0.2) is 11.3 Å². The second-order valence-electron chi connectivity index (χ2n) is 3.56. The summed E-state index contributed by atoms with van der Waals surface area (Å²) in [6.45, 7) is 0. The van der Waals surface area contributed by atoms with Gasteiger partial charge in [0.05, 0.1) is 0 Å². The number of hydrogen-bond acceptors (Lipinski definition) is 4. The van der Waals surface area contributed by atoms with Crippen LogP contribution in [0.15, 0.2) is 41.6 Å². The topological polar surface area (TPSA) is 54.5 Å². The number of nitrogens with zero attached hydrogens (tertiary/aromatic N) is 3. The van der Waals surface area contributed by atoms with Gasteiger partial charge in [0.1, 0.15) is 5.82 Å². The van der Waals surface area contributed by atoms with Gasteiger partial charge in [-0.3, -0.25) is 0 Å². The van der Waals surface area contributed by atoms with Crippen molar-refractivity contribution in [3.8, 4) is 23.1 Å². The maximum Gasteiger partial charge on any atom is 0.197 e. The average Bonchev–Trinajstić information content (AvgIpc) is 2.84. The Morgan fingerprint density at radius 1 is 1.11 bits per heavy atom. The number of thioether (sulfide) groups is 1. The number of benzene rings is 1. The lowest BCUT2D eigenvalue weighted by molar-refractivity contribution is 1.26. The zero-order valence-corrected chi connectivity index (χ0v) is 10.1. The molecule has 4 nitrogen and oxygen atoms in total. The fraction of sp³-hybridized carbons (Fsp3) is 0. The van der Waals surface area contributed by atoms with Crippen molar-refractivity contribution < 1.29 is 0 Å². The number of fused-ring (bicyclic) bond motifs is 1. The van der Waals surface area contributed by atoms with E-state index in [1.54, 1.807) is 12.4 Å². The van der Waals surface area contributed by atoms with E-state index in [0.717, 1.165) is 16.3 Å². The maximum atomic E-state index is 5.24. The highest BCUT2D eigenvalue weighted by Crippen LogP contribution is 2.22. The predicted molar refractivity (Wildman–Crippen MR) is 71.8 cm³/mol. The first-order chi connectivity index (χ1) is 8.86. The first-order valence-corrected chi connectivity index (χ1v) is 6.08. The van der Waals surface area contributed by atoms with E-state index in [-0.39, 0.29) is 0 Å². The van der Waals surface area contributed by atoms with E-state index in [1.807, 2.05) is 24.3 Å².